The van der Waals surface area contributed by atoms with Gasteiger partial charge in [-0.15, -0.1) is 0 Å². The number of halogens is 3. The molecule has 0 radical (unpaired) electrons. The fraction of sp³-hybridized carbons (Fsp3) is 0.846. The number of carbonyl (C=O) groups is 2. The van der Waals surface area contributed by atoms with Crippen molar-refractivity contribution in [2.45, 2.75) is 37.9 Å². The highest BCUT2D eigenvalue weighted by atomic mass is 19.4. The monoisotopic (exact) mass is 308 g/mol. The molecule has 1 saturated carbocycles. The van der Waals surface area contributed by atoms with Crippen LogP contribution >= 0.6 is 0 Å². The first-order chi connectivity index (χ1) is 9.77. The molecular weight excluding hydrogens is 289 g/mol. The third kappa shape index (κ3) is 4.09. The first-order valence-electron chi connectivity index (χ1n) is 7.08. The molecule has 2 fully saturated rings. The van der Waals surface area contributed by atoms with E-state index in [9.17, 15) is 22.8 Å². The summed E-state index contributed by atoms with van der Waals surface area (Å²) in [5, 5.41) is 11.7. The van der Waals surface area contributed by atoms with Crippen LogP contribution < -0.4 is 5.32 Å². The fourth-order valence-corrected chi connectivity index (χ4v) is 3.14. The van der Waals surface area contributed by atoms with Gasteiger partial charge in [0.1, 0.15) is 0 Å². The van der Waals surface area contributed by atoms with Crippen LogP contribution in [0.4, 0.5) is 13.2 Å². The molecule has 2 aliphatic rings. The maximum atomic E-state index is 12.8. The van der Waals surface area contributed by atoms with Gasteiger partial charge in [0.25, 0.3) is 0 Å². The van der Waals surface area contributed by atoms with Crippen LogP contribution in [0.5, 0.6) is 0 Å². The number of hydrogen-bond acceptors (Lipinski definition) is 3. The summed E-state index contributed by atoms with van der Waals surface area (Å²) in [6, 6.07) is 0.105. The number of carboxylic acid groups (broad SMARTS) is 1. The Hall–Kier alpha value is -1.31. The quantitative estimate of drug-likeness (QED) is 0.820. The summed E-state index contributed by atoms with van der Waals surface area (Å²) in [7, 11) is 0. The van der Waals surface area contributed by atoms with E-state index in [0.717, 1.165) is 25.7 Å². The van der Waals surface area contributed by atoms with Crippen LogP contribution in [0.15, 0.2) is 0 Å². The molecule has 1 aliphatic carbocycles. The number of alkyl halides is 3. The summed E-state index contributed by atoms with van der Waals surface area (Å²) in [5.41, 5.74) is 0. The zero-order chi connectivity index (χ0) is 15.6. The van der Waals surface area contributed by atoms with Gasteiger partial charge in [-0.1, -0.05) is 12.8 Å². The number of hydrogen-bond donors (Lipinski definition) is 2. The van der Waals surface area contributed by atoms with Crippen molar-refractivity contribution < 1.29 is 27.9 Å². The Labute approximate surface area is 120 Å². The molecule has 21 heavy (non-hydrogen) atoms. The van der Waals surface area contributed by atoms with E-state index in [1.54, 1.807) is 0 Å². The number of rotatable bonds is 4. The summed E-state index contributed by atoms with van der Waals surface area (Å²) >= 11 is 0. The maximum absolute atomic E-state index is 12.8. The molecule has 120 valence electrons. The highest BCUT2D eigenvalue weighted by molar-refractivity contribution is 5.78. The van der Waals surface area contributed by atoms with E-state index in [2.05, 4.69) is 5.32 Å². The topological polar surface area (TPSA) is 69.6 Å². The van der Waals surface area contributed by atoms with Crippen LogP contribution in [-0.2, 0) is 9.59 Å². The van der Waals surface area contributed by atoms with Gasteiger partial charge in [0.2, 0.25) is 5.91 Å². The average Bonchev–Trinajstić information content (AvgIpc) is 2.96. The van der Waals surface area contributed by atoms with Gasteiger partial charge in [0, 0.05) is 19.1 Å². The molecule has 1 saturated heterocycles. The first-order valence-corrected chi connectivity index (χ1v) is 7.08. The summed E-state index contributed by atoms with van der Waals surface area (Å²) in [6.07, 6.45) is -0.666. The normalized spacial score (nSPS) is 28.0. The highest BCUT2D eigenvalue weighted by Gasteiger charge is 2.52. The zero-order valence-electron chi connectivity index (χ0n) is 11.5. The van der Waals surface area contributed by atoms with E-state index in [1.165, 1.54) is 4.90 Å². The van der Waals surface area contributed by atoms with Crippen LogP contribution in [0, 0.1) is 11.8 Å². The molecule has 0 bridgehead atoms. The predicted molar refractivity (Wildman–Crippen MR) is 67.5 cm³/mol. The van der Waals surface area contributed by atoms with Crippen LogP contribution in [0.3, 0.4) is 0 Å². The van der Waals surface area contributed by atoms with Crippen molar-refractivity contribution in [2.24, 2.45) is 11.8 Å². The summed E-state index contributed by atoms with van der Waals surface area (Å²) < 4.78 is 38.5. The smallest absolute Gasteiger partial charge is 0.393 e. The standard InChI is InChI=1S/C13H19F3N2O3/c14-13(15,16)10-6-18(5-9(10)12(20)21)7-11(19)17-8-3-1-2-4-8/h8-10H,1-7H2,(H,17,19)(H,20,21)/t9-,10-/m1/s1. The lowest BCUT2D eigenvalue weighted by Crippen LogP contribution is -2.41. The summed E-state index contributed by atoms with van der Waals surface area (Å²) in [6.45, 7) is -0.844. The van der Waals surface area contributed by atoms with Crippen molar-refractivity contribution in [1.29, 1.82) is 0 Å². The molecule has 0 aromatic carbocycles. The molecule has 0 aromatic rings. The van der Waals surface area contributed by atoms with E-state index < -0.39 is 30.5 Å². The van der Waals surface area contributed by atoms with Crippen LogP contribution in [-0.4, -0.2) is 53.7 Å². The van der Waals surface area contributed by atoms with Crippen molar-refractivity contribution in [2.75, 3.05) is 19.6 Å². The van der Waals surface area contributed by atoms with E-state index in [1.807, 2.05) is 0 Å². The van der Waals surface area contributed by atoms with Gasteiger partial charge in [0.15, 0.2) is 0 Å². The van der Waals surface area contributed by atoms with Crippen LogP contribution in [0.1, 0.15) is 25.7 Å². The molecule has 0 spiro atoms. The highest BCUT2D eigenvalue weighted by Crippen LogP contribution is 2.37. The molecule has 0 aromatic heterocycles. The minimum Gasteiger partial charge on any atom is -0.481 e. The molecule has 2 N–H and O–H groups in total. The molecule has 0 unspecified atom stereocenters. The van der Waals surface area contributed by atoms with Gasteiger partial charge in [-0.05, 0) is 12.8 Å². The minimum atomic E-state index is -4.56. The Morgan fingerprint density at radius 3 is 2.29 bits per heavy atom. The molecule has 1 heterocycles. The molecule has 5 nitrogen and oxygen atoms in total. The molecule has 1 aliphatic heterocycles. The van der Waals surface area contributed by atoms with Gasteiger partial charge in [-0.25, -0.2) is 0 Å². The molecule has 2 rings (SSSR count). The van der Waals surface area contributed by atoms with E-state index in [-0.39, 0.29) is 25.0 Å². The molecule has 1 amide bonds. The van der Waals surface area contributed by atoms with Gasteiger partial charge >= 0.3 is 12.1 Å². The number of nitrogens with zero attached hydrogens (tertiary/aromatic N) is 1. The average molecular weight is 308 g/mol. The maximum Gasteiger partial charge on any atom is 0.393 e. The molecule has 2 atom stereocenters. The van der Waals surface area contributed by atoms with Crippen molar-refractivity contribution in [3.05, 3.63) is 0 Å². The third-order valence-corrected chi connectivity index (χ3v) is 4.22. The second-order valence-electron chi connectivity index (χ2n) is 5.84. The Kier molecular flexibility index (Phi) is 4.75. The van der Waals surface area contributed by atoms with Crippen LogP contribution in [0.2, 0.25) is 0 Å². The Balaban J connectivity index is 1.89. The third-order valence-electron chi connectivity index (χ3n) is 4.22. The van der Waals surface area contributed by atoms with E-state index in [4.69, 9.17) is 5.11 Å². The van der Waals surface area contributed by atoms with Crippen molar-refractivity contribution in [3.8, 4) is 0 Å². The lowest BCUT2D eigenvalue weighted by Gasteiger charge is -2.19. The Morgan fingerprint density at radius 2 is 1.81 bits per heavy atom. The first kappa shape index (κ1) is 16.1. The zero-order valence-corrected chi connectivity index (χ0v) is 11.5. The van der Waals surface area contributed by atoms with Crippen LogP contribution in [0.25, 0.3) is 0 Å². The van der Waals surface area contributed by atoms with Crippen molar-refractivity contribution >= 4 is 11.9 Å². The summed E-state index contributed by atoms with van der Waals surface area (Å²) in [5.74, 6) is -5.19. The van der Waals surface area contributed by atoms with E-state index >= 15 is 0 Å². The number of aliphatic carboxylic acids is 1. The SMILES string of the molecule is O=C(CN1C[C@@H](C(F)(F)F)[C@H](C(=O)O)C1)NC1CCCC1. The lowest BCUT2D eigenvalue weighted by molar-refractivity contribution is -0.188. The lowest BCUT2D eigenvalue weighted by atomic mass is 9.96. The Morgan fingerprint density at radius 1 is 1.19 bits per heavy atom. The predicted octanol–water partition coefficient (Wildman–Crippen LogP) is 1.24. The largest absolute Gasteiger partial charge is 0.481 e. The number of carboxylic acids is 1. The van der Waals surface area contributed by atoms with E-state index in [0.29, 0.717) is 0 Å². The minimum absolute atomic E-state index is 0.105. The fourth-order valence-electron chi connectivity index (χ4n) is 3.14. The Bertz CT molecular complexity index is 408. The molecule has 8 heteroatoms. The van der Waals surface area contributed by atoms with Gasteiger partial charge in [-0.2, -0.15) is 13.2 Å². The van der Waals surface area contributed by atoms with Gasteiger partial charge < -0.3 is 10.4 Å². The summed E-state index contributed by atoms with van der Waals surface area (Å²) in [4.78, 5) is 24.0. The number of amides is 1. The number of likely N-dealkylation sites (tertiary alicyclic amines) is 1. The second-order valence-corrected chi connectivity index (χ2v) is 5.84. The second kappa shape index (κ2) is 6.21. The van der Waals surface area contributed by atoms with Crippen molar-refractivity contribution in [1.82, 2.24) is 10.2 Å². The van der Waals surface area contributed by atoms with Crippen molar-refractivity contribution in [3.63, 3.8) is 0 Å². The van der Waals surface area contributed by atoms with Gasteiger partial charge in [-0.3, -0.25) is 14.5 Å². The van der Waals surface area contributed by atoms with Gasteiger partial charge in [0.05, 0.1) is 18.4 Å². The molecular formula is C13H19F3N2O3. The number of nitrogens with one attached hydrogen (secondary N) is 1. The number of carbonyl (C=O) groups excluding carboxylic acids is 1.